The van der Waals surface area contributed by atoms with Gasteiger partial charge in [0.15, 0.2) is 0 Å². The van der Waals surface area contributed by atoms with Gasteiger partial charge in [0.2, 0.25) is 0 Å². The summed E-state index contributed by atoms with van der Waals surface area (Å²) in [6, 6.07) is 8.74. The number of fused-ring (bicyclic) bond motifs is 2. The first kappa shape index (κ1) is 11.6. The third-order valence-corrected chi connectivity index (χ3v) is 4.02. The van der Waals surface area contributed by atoms with E-state index in [1.807, 2.05) is 0 Å². The molecule has 1 aromatic rings. The van der Waals surface area contributed by atoms with E-state index < -0.39 is 0 Å². The highest BCUT2D eigenvalue weighted by Crippen LogP contribution is 2.40. The molecule has 0 radical (unpaired) electrons. The van der Waals surface area contributed by atoms with E-state index in [2.05, 4.69) is 49.5 Å². The molecule has 94 valence electrons. The molecule has 0 aromatic heterocycles. The predicted octanol–water partition coefficient (Wildman–Crippen LogP) is 4.63. The summed E-state index contributed by atoms with van der Waals surface area (Å²) in [5.41, 5.74) is 7.33. The van der Waals surface area contributed by atoms with E-state index in [-0.39, 0.29) is 0 Å². The van der Waals surface area contributed by atoms with Gasteiger partial charge in [0, 0.05) is 17.8 Å². The maximum atomic E-state index is 3.57. The highest BCUT2D eigenvalue weighted by atomic mass is 14.9. The van der Waals surface area contributed by atoms with Gasteiger partial charge in [0.1, 0.15) is 0 Å². The Bertz CT molecular complexity index is 522. The lowest BCUT2D eigenvalue weighted by Gasteiger charge is -2.28. The van der Waals surface area contributed by atoms with Crippen molar-refractivity contribution in [3.05, 3.63) is 47.1 Å². The molecule has 1 heterocycles. The van der Waals surface area contributed by atoms with Crippen LogP contribution in [0.15, 0.2) is 41.5 Å². The summed E-state index contributed by atoms with van der Waals surface area (Å²) < 4.78 is 0. The van der Waals surface area contributed by atoms with Crippen LogP contribution in [0.4, 0.5) is 5.69 Å². The third-order valence-electron chi connectivity index (χ3n) is 4.02. The lowest BCUT2D eigenvalue weighted by Crippen LogP contribution is -2.13. The molecule has 0 saturated heterocycles. The van der Waals surface area contributed by atoms with Crippen LogP contribution in [0.25, 0.3) is 5.57 Å². The molecule has 1 N–H and O–H groups in total. The van der Waals surface area contributed by atoms with Crippen LogP contribution in [0.5, 0.6) is 0 Å². The average molecular weight is 239 g/mol. The highest BCUT2D eigenvalue weighted by molar-refractivity contribution is 5.88. The van der Waals surface area contributed by atoms with E-state index in [1.54, 1.807) is 5.57 Å². The molecule has 0 saturated carbocycles. The van der Waals surface area contributed by atoms with Gasteiger partial charge in [-0.1, -0.05) is 36.8 Å². The summed E-state index contributed by atoms with van der Waals surface area (Å²) >= 11 is 0. The zero-order valence-electron chi connectivity index (χ0n) is 11.3. The Morgan fingerprint density at radius 2 is 2.06 bits per heavy atom. The largest absolute Gasteiger partial charge is 0.385 e. The quantitative estimate of drug-likeness (QED) is 0.696. The third kappa shape index (κ3) is 1.98. The van der Waals surface area contributed by atoms with E-state index in [0.29, 0.717) is 5.92 Å². The van der Waals surface area contributed by atoms with Crippen molar-refractivity contribution in [2.75, 3.05) is 11.9 Å². The zero-order valence-corrected chi connectivity index (χ0v) is 11.3. The fourth-order valence-corrected chi connectivity index (χ4v) is 3.35. The summed E-state index contributed by atoms with van der Waals surface area (Å²) in [4.78, 5) is 0. The number of anilines is 1. The van der Waals surface area contributed by atoms with Crippen molar-refractivity contribution >= 4 is 11.3 Å². The maximum Gasteiger partial charge on any atom is 0.0419 e. The highest BCUT2D eigenvalue weighted by Gasteiger charge is 2.21. The first-order valence-corrected chi connectivity index (χ1v) is 7.00. The topological polar surface area (TPSA) is 12.0 Å². The van der Waals surface area contributed by atoms with E-state index in [9.17, 15) is 0 Å². The van der Waals surface area contributed by atoms with Gasteiger partial charge in [-0.25, -0.2) is 0 Å². The monoisotopic (exact) mass is 239 g/mol. The summed E-state index contributed by atoms with van der Waals surface area (Å²) in [6.45, 7) is 5.69. The van der Waals surface area contributed by atoms with Crippen LogP contribution in [0.3, 0.4) is 0 Å². The molecule has 1 unspecified atom stereocenters. The van der Waals surface area contributed by atoms with Gasteiger partial charge in [-0.3, -0.25) is 0 Å². The first-order valence-electron chi connectivity index (χ1n) is 7.00. The van der Waals surface area contributed by atoms with E-state index in [4.69, 9.17) is 0 Å². The molecule has 18 heavy (non-hydrogen) atoms. The normalized spacial score (nSPS) is 23.2. The van der Waals surface area contributed by atoms with Crippen molar-refractivity contribution in [3.8, 4) is 0 Å². The van der Waals surface area contributed by atoms with Gasteiger partial charge in [0.25, 0.3) is 0 Å². The zero-order chi connectivity index (χ0) is 12.5. The Morgan fingerprint density at radius 1 is 1.22 bits per heavy atom. The second-order valence-electron chi connectivity index (χ2n) is 5.59. The molecule has 1 atom stereocenters. The molecule has 0 amide bonds. The number of para-hydroxylation sites is 1. The Labute approximate surface area is 110 Å². The molecule has 0 bridgehead atoms. The van der Waals surface area contributed by atoms with E-state index in [1.165, 1.54) is 41.7 Å². The Hall–Kier alpha value is -1.50. The smallest absolute Gasteiger partial charge is 0.0419 e. The predicted molar refractivity (Wildman–Crippen MR) is 78.6 cm³/mol. The van der Waals surface area contributed by atoms with Crippen LogP contribution >= 0.6 is 0 Å². The van der Waals surface area contributed by atoms with Crippen LogP contribution in [0, 0.1) is 5.92 Å². The Balaban J connectivity index is 2.17. The van der Waals surface area contributed by atoms with Crippen molar-refractivity contribution < 1.29 is 0 Å². The van der Waals surface area contributed by atoms with Crippen LogP contribution in [0.1, 0.15) is 38.7 Å². The molecular formula is C17H21N. The fraction of sp³-hybridized carbons (Fsp3) is 0.412. The molecule has 0 fully saturated rings. The number of benzene rings is 1. The van der Waals surface area contributed by atoms with Gasteiger partial charge in [-0.2, -0.15) is 0 Å². The van der Waals surface area contributed by atoms with Crippen molar-refractivity contribution in [2.24, 2.45) is 5.92 Å². The van der Waals surface area contributed by atoms with E-state index in [0.717, 1.165) is 6.54 Å². The number of rotatable bonds is 0. The summed E-state index contributed by atoms with van der Waals surface area (Å²) in [5.74, 6) is 0.697. The molecule has 1 aromatic carbocycles. The lowest BCUT2D eigenvalue weighted by atomic mass is 9.80. The molecule has 3 rings (SSSR count). The minimum Gasteiger partial charge on any atom is -0.385 e. The SMILES string of the molecule is CC1=CC(C)CC2=C1c1ccccc1NCCC2. The van der Waals surface area contributed by atoms with Gasteiger partial charge in [0.05, 0.1) is 0 Å². The average Bonchev–Trinajstić information content (AvgIpc) is 2.32. The maximum absolute atomic E-state index is 3.57. The van der Waals surface area contributed by atoms with Crippen LogP contribution in [-0.4, -0.2) is 6.54 Å². The Kier molecular flexibility index (Phi) is 2.99. The minimum atomic E-state index is 0.697. The number of allylic oxidation sites excluding steroid dienone is 4. The Morgan fingerprint density at radius 3 is 2.94 bits per heavy atom. The minimum absolute atomic E-state index is 0.697. The first-order chi connectivity index (χ1) is 8.75. The van der Waals surface area contributed by atoms with Crippen molar-refractivity contribution in [1.82, 2.24) is 0 Å². The second-order valence-corrected chi connectivity index (χ2v) is 5.59. The van der Waals surface area contributed by atoms with Gasteiger partial charge < -0.3 is 5.32 Å². The molecular weight excluding hydrogens is 218 g/mol. The number of hydrogen-bond donors (Lipinski definition) is 1. The van der Waals surface area contributed by atoms with Gasteiger partial charge >= 0.3 is 0 Å². The van der Waals surface area contributed by atoms with Crippen LogP contribution < -0.4 is 5.32 Å². The summed E-state index contributed by atoms with van der Waals surface area (Å²) in [5, 5.41) is 3.57. The molecule has 2 aliphatic rings. The van der Waals surface area contributed by atoms with Crippen molar-refractivity contribution in [2.45, 2.75) is 33.1 Å². The van der Waals surface area contributed by atoms with Crippen molar-refractivity contribution in [3.63, 3.8) is 0 Å². The molecule has 1 aliphatic carbocycles. The number of hydrogen-bond acceptors (Lipinski definition) is 1. The molecule has 1 nitrogen and oxygen atoms in total. The standard InChI is InChI=1S/C17H21N/c1-12-10-13(2)17-14(11-12)6-5-9-18-16-8-4-3-7-15(16)17/h3-4,7-8,10,12,18H,5-6,9,11H2,1-2H3. The molecule has 1 heteroatoms. The van der Waals surface area contributed by atoms with Gasteiger partial charge in [-0.05, 0) is 49.3 Å². The number of nitrogens with one attached hydrogen (secondary N) is 1. The summed E-state index contributed by atoms with van der Waals surface area (Å²) in [6.07, 6.45) is 6.15. The molecule has 0 spiro atoms. The van der Waals surface area contributed by atoms with Crippen molar-refractivity contribution in [1.29, 1.82) is 0 Å². The summed E-state index contributed by atoms with van der Waals surface area (Å²) in [7, 11) is 0. The van der Waals surface area contributed by atoms with Crippen LogP contribution in [0.2, 0.25) is 0 Å². The van der Waals surface area contributed by atoms with Crippen LogP contribution in [-0.2, 0) is 0 Å². The second kappa shape index (κ2) is 4.64. The lowest BCUT2D eigenvalue weighted by molar-refractivity contribution is 0.665. The van der Waals surface area contributed by atoms with Gasteiger partial charge in [-0.15, -0.1) is 0 Å². The molecule has 1 aliphatic heterocycles. The fourth-order valence-electron chi connectivity index (χ4n) is 3.35. The van der Waals surface area contributed by atoms with E-state index >= 15 is 0 Å².